The van der Waals surface area contributed by atoms with E-state index in [1.54, 1.807) is 19.1 Å². The van der Waals surface area contributed by atoms with Crippen LogP contribution < -0.4 is 0 Å². The second-order valence-electron chi connectivity index (χ2n) is 3.38. The second-order valence-corrected chi connectivity index (χ2v) is 6.30. The van der Waals surface area contributed by atoms with Gasteiger partial charge in [0.25, 0.3) is 9.05 Å². The fourth-order valence-electron chi connectivity index (χ4n) is 1.47. The Kier molecular flexibility index (Phi) is 2.82. The minimum Gasteiger partial charge on any atom is -0.241 e. The van der Waals surface area contributed by atoms with Crippen LogP contribution >= 0.6 is 22.3 Å². The molecule has 0 fully saturated rings. The molecule has 0 radical (unpaired) electrons. The van der Waals surface area contributed by atoms with Crippen LogP contribution in [0.5, 0.6) is 0 Å². The Morgan fingerprint density at radius 1 is 1.25 bits per heavy atom. The molecule has 1 heterocycles. The van der Waals surface area contributed by atoms with Crippen LogP contribution in [0.4, 0.5) is 0 Å². The lowest BCUT2D eigenvalue weighted by Gasteiger charge is -2.03. The van der Waals surface area contributed by atoms with Crippen LogP contribution in [0.3, 0.4) is 0 Å². The lowest BCUT2D eigenvalue weighted by molar-refractivity contribution is 0.609. The molecule has 1 aromatic heterocycles. The number of hydrogen-bond donors (Lipinski definition) is 0. The van der Waals surface area contributed by atoms with E-state index in [1.807, 2.05) is 0 Å². The predicted molar refractivity (Wildman–Crippen MR) is 64.5 cm³/mol. The quantitative estimate of drug-likeness (QED) is 0.594. The molecular formula is C10H7Cl2NO2S. The molecule has 0 N–H and O–H groups in total. The van der Waals surface area contributed by atoms with Crippen molar-refractivity contribution >= 4 is 42.1 Å². The number of nitrogens with zero attached hydrogens (tertiary/aromatic N) is 1. The summed E-state index contributed by atoms with van der Waals surface area (Å²) < 4.78 is 22.3. The molecule has 2 rings (SSSR count). The van der Waals surface area contributed by atoms with Crippen LogP contribution in [-0.2, 0) is 9.05 Å². The standard InChI is InChI=1S/C10H7Cl2NO2S/c1-6-4-7-5-8(16(12,14)15)2-3-9(7)10(11)13-6/h2-5H,1H3. The summed E-state index contributed by atoms with van der Waals surface area (Å²) in [5, 5.41) is 1.77. The second kappa shape index (κ2) is 3.87. The van der Waals surface area contributed by atoms with Gasteiger partial charge in [-0.2, -0.15) is 0 Å². The van der Waals surface area contributed by atoms with E-state index in [-0.39, 0.29) is 4.90 Å². The molecule has 0 saturated carbocycles. The summed E-state index contributed by atoms with van der Waals surface area (Å²) in [5.74, 6) is 0. The van der Waals surface area contributed by atoms with Crippen molar-refractivity contribution in [2.45, 2.75) is 11.8 Å². The molecule has 0 aliphatic rings. The van der Waals surface area contributed by atoms with E-state index >= 15 is 0 Å². The molecule has 16 heavy (non-hydrogen) atoms. The largest absolute Gasteiger partial charge is 0.261 e. The van der Waals surface area contributed by atoms with Gasteiger partial charge in [-0.25, -0.2) is 13.4 Å². The Labute approximate surface area is 102 Å². The summed E-state index contributed by atoms with van der Waals surface area (Å²) in [6.07, 6.45) is 0. The fourth-order valence-corrected chi connectivity index (χ4v) is 2.56. The summed E-state index contributed by atoms with van der Waals surface area (Å²) >= 11 is 5.94. The van der Waals surface area contributed by atoms with Crippen LogP contribution in [0.1, 0.15) is 5.69 Å². The highest BCUT2D eigenvalue weighted by molar-refractivity contribution is 8.13. The molecule has 0 aliphatic carbocycles. The molecule has 2 aromatic rings. The summed E-state index contributed by atoms with van der Waals surface area (Å²) in [4.78, 5) is 4.14. The number of fused-ring (bicyclic) bond motifs is 1. The fraction of sp³-hybridized carbons (Fsp3) is 0.100. The Morgan fingerprint density at radius 2 is 1.94 bits per heavy atom. The highest BCUT2D eigenvalue weighted by Crippen LogP contribution is 2.26. The molecule has 0 unspecified atom stereocenters. The van der Waals surface area contributed by atoms with Gasteiger partial charge in [0, 0.05) is 21.8 Å². The van der Waals surface area contributed by atoms with Gasteiger partial charge in [0.05, 0.1) is 4.90 Å². The maximum atomic E-state index is 11.2. The highest BCUT2D eigenvalue weighted by atomic mass is 35.7. The number of aryl methyl sites for hydroxylation is 1. The van der Waals surface area contributed by atoms with Crippen molar-refractivity contribution in [2.24, 2.45) is 0 Å². The van der Waals surface area contributed by atoms with Crippen LogP contribution in [-0.4, -0.2) is 13.4 Å². The number of pyridine rings is 1. The molecule has 0 atom stereocenters. The van der Waals surface area contributed by atoms with Crippen molar-refractivity contribution in [2.75, 3.05) is 0 Å². The number of benzene rings is 1. The molecule has 0 aliphatic heterocycles. The summed E-state index contributed by atoms with van der Waals surface area (Å²) in [5.41, 5.74) is 0.724. The van der Waals surface area contributed by atoms with E-state index in [2.05, 4.69) is 4.98 Å². The van der Waals surface area contributed by atoms with Gasteiger partial charge >= 0.3 is 0 Å². The highest BCUT2D eigenvalue weighted by Gasteiger charge is 2.11. The summed E-state index contributed by atoms with van der Waals surface area (Å²) in [6.45, 7) is 1.78. The third-order valence-electron chi connectivity index (χ3n) is 2.17. The van der Waals surface area contributed by atoms with E-state index < -0.39 is 9.05 Å². The topological polar surface area (TPSA) is 47.0 Å². The third-order valence-corrected chi connectivity index (χ3v) is 3.81. The minimum absolute atomic E-state index is 0.0586. The SMILES string of the molecule is Cc1cc2cc(S(=O)(=O)Cl)ccc2c(Cl)n1. The van der Waals surface area contributed by atoms with Gasteiger partial charge in [0.1, 0.15) is 5.15 Å². The van der Waals surface area contributed by atoms with Gasteiger partial charge in [0.2, 0.25) is 0 Å². The van der Waals surface area contributed by atoms with Gasteiger partial charge in [-0.05, 0) is 36.6 Å². The summed E-state index contributed by atoms with van der Waals surface area (Å²) in [7, 11) is 1.55. The maximum absolute atomic E-state index is 11.2. The van der Waals surface area contributed by atoms with E-state index in [0.717, 1.165) is 5.69 Å². The zero-order valence-electron chi connectivity index (χ0n) is 8.24. The Bertz CT molecular complexity index is 668. The van der Waals surface area contributed by atoms with Gasteiger partial charge in [0.15, 0.2) is 0 Å². The molecule has 3 nitrogen and oxygen atoms in total. The zero-order chi connectivity index (χ0) is 11.9. The summed E-state index contributed by atoms with van der Waals surface area (Å²) in [6, 6.07) is 6.25. The van der Waals surface area contributed by atoms with Crippen molar-refractivity contribution in [1.82, 2.24) is 4.98 Å². The molecule has 0 bridgehead atoms. The molecule has 0 saturated heterocycles. The van der Waals surface area contributed by atoms with Gasteiger partial charge < -0.3 is 0 Å². The van der Waals surface area contributed by atoms with Crippen molar-refractivity contribution in [3.05, 3.63) is 35.1 Å². The Hall–Kier alpha value is -0.840. The molecule has 1 aromatic carbocycles. The van der Waals surface area contributed by atoms with E-state index in [1.165, 1.54) is 12.1 Å². The molecular weight excluding hydrogens is 269 g/mol. The van der Waals surface area contributed by atoms with Gasteiger partial charge in [-0.1, -0.05) is 11.6 Å². The first kappa shape index (κ1) is 11.6. The molecule has 6 heteroatoms. The van der Waals surface area contributed by atoms with E-state index in [0.29, 0.717) is 15.9 Å². The number of rotatable bonds is 1. The average Bonchev–Trinajstić information content (AvgIpc) is 2.15. The zero-order valence-corrected chi connectivity index (χ0v) is 10.6. The van der Waals surface area contributed by atoms with Crippen LogP contribution in [0, 0.1) is 6.92 Å². The maximum Gasteiger partial charge on any atom is 0.261 e. The first-order chi connectivity index (χ1) is 7.38. The number of hydrogen-bond acceptors (Lipinski definition) is 3. The van der Waals surface area contributed by atoms with Crippen LogP contribution in [0.25, 0.3) is 10.8 Å². The normalized spacial score (nSPS) is 11.9. The van der Waals surface area contributed by atoms with Gasteiger partial charge in [-0.3, -0.25) is 0 Å². The van der Waals surface area contributed by atoms with Crippen molar-refractivity contribution < 1.29 is 8.42 Å². The van der Waals surface area contributed by atoms with E-state index in [4.69, 9.17) is 22.3 Å². The number of halogens is 2. The van der Waals surface area contributed by atoms with Gasteiger partial charge in [-0.15, -0.1) is 0 Å². The van der Waals surface area contributed by atoms with Crippen LogP contribution in [0.15, 0.2) is 29.2 Å². The predicted octanol–water partition coefficient (Wildman–Crippen LogP) is 3.12. The smallest absolute Gasteiger partial charge is 0.241 e. The molecule has 0 spiro atoms. The average molecular weight is 276 g/mol. The third kappa shape index (κ3) is 2.14. The first-order valence-corrected chi connectivity index (χ1v) is 7.08. The molecule has 0 amide bonds. The van der Waals surface area contributed by atoms with Crippen LogP contribution in [0.2, 0.25) is 5.15 Å². The minimum atomic E-state index is -3.71. The Morgan fingerprint density at radius 3 is 2.56 bits per heavy atom. The van der Waals surface area contributed by atoms with E-state index in [9.17, 15) is 8.42 Å². The monoisotopic (exact) mass is 275 g/mol. The van der Waals surface area contributed by atoms with Crippen molar-refractivity contribution in [3.8, 4) is 0 Å². The Balaban J connectivity index is 2.81. The van der Waals surface area contributed by atoms with Crippen molar-refractivity contribution in [1.29, 1.82) is 0 Å². The lowest BCUT2D eigenvalue weighted by Crippen LogP contribution is -1.91. The number of aromatic nitrogens is 1. The van der Waals surface area contributed by atoms with Crippen molar-refractivity contribution in [3.63, 3.8) is 0 Å². The first-order valence-electron chi connectivity index (χ1n) is 4.39. The lowest BCUT2D eigenvalue weighted by atomic mass is 10.1. The molecule has 84 valence electrons.